The second-order valence-corrected chi connectivity index (χ2v) is 6.24. The Balaban J connectivity index is 1.90. The summed E-state index contributed by atoms with van der Waals surface area (Å²) in [6, 6.07) is 7.89. The van der Waals surface area contributed by atoms with Gasteiger partial charge in [-0.1, -0.05) is 12.1 Å². The second-order valence-electron chi connectivity index (χ2n) is 6.24. The van der Waals surface area contributed by atoms with Crippen molar-refractivity contribution in [3.8, 4) is 11.5 Å². The molecule has 7 nitrogen and oxygen atoms in total. The molecule has 1 aliphatic heterocycles. The van der Waals surface area contributed by atoms with E-state index in [1.54, 1.807) is 14.2 Å². The first-order chi connectivity index (χ1) is 12.7. The van der Waals surface area contributed by atoms with Gasteiger partial charge in [0.25, 0.3) is 0 Å². The Morgan fingerprint density at radius 3 is 2.77 bits per heavy atom. The van der Waals surface area contributed by atoms with Gasteiger partial charge in [-0.15, -0.1) is 0 Å². The average molecular weight is 358 g/mol. The van der Waals surface area contributed by atoms with Crippen LogP contribution in [0, 0.1) is 0 Å². The van der Waals surface area contributed by atoms with E-state index in [1.165, 1.54) is 0 Å². The summed E-state index contributed by atoms with van der Waals surface area (Å²) in [5, 5.41) is 0. The summed E-state index contributed by atoms with van der Waals surface area (Å²) in [6.45, 7) is 4.95. The summed E-state index contributed by atoms with van der Waals surface area (Å²) in [5.74, 6) is 2.84. The molecule has 1 aromatic carbocycles. The zero-order valence-corrected chi connectivity index (χ0v) is 15.6. The Morgan fingerprint density at radius 2 is 2.12 bits per heavy atom. The summed E-state index contributed by atoms with van der Waals surface area (Å²) >= 11 is 0. The number of aromatic nitrogens is 2. The lowest BCUT2D eigenvalue weighted by Gasteiger charge is -2.24. The number of para-hydroxylation sites is 1. The summed E-state index contributed by atoms with van der Waals surface area (Å²) in [7, 11) is 3.29. The summed E-state index contributed by atoms with van der Waals surface area (Å²) in [6.07, 6.45) is 0.964. The van der Waals surface area contributed by atoms with Crippen molar-refractivity contribution in [2.24, 2.45) is 0 Å². The molecule has 3 rings (SSSR count). The van der Waals surface area contributed by atoms with Crippen LogP contribution in [0.15, 0.2) is 24.3 Å². The van der Waals surface area contributed by atoms with Crippen molar-refractivity contribution >= 4 is 11.8 Å². The van der Waals surface area contributed by atoms with Crippen LogP contribution in [0.1, 0.15) is 30.5 Å². The van der Waals surface area contributed by atoms with Crippen LogP contribution in [-0.4, -0.2) is 43.9 Å². The van der Waals surface area contributed by atoms with Gasteiger partial charge in [0.1, 0.15) is 5.82 Å². The normalized spacial score (nSPS) is 16.5. The first-order valence-corrected chi connectivity index (χ1v) is 8.83. The fourth-order valence-electron chi connectivity index (χ4n) is 3.25. The van der Waals surface area contributed by atoms with Gasteiger partial charge < -0.3 is 24.8 Å². The van der Waals surface area contributed by atoms with Gasteiger partial charge in [-0.2, -0.15) is 4.98 Å². The molecule has 26 heavy (non-hydrogen) atoms. The Labute approximate surface area is 154 Å². The first-order valence-electron chi connectivity index (χ1n) is 8.83. The molecule has 0 spiro atoms. The van der Waals surface area contributed by atoms with E-state index in [0.717, 1.165) is 42.4 Å². The highest BCUT2D eigenvalue weighted by Gasteiger charge is 2.22. The lowest BCUT2D eigenvalue weighted by Crippen LogP contribution is -2.24. The molecule has 0 radical (unpaired) electrons. The maximum absolute atomic E-state index is 5.98. The molecule has 0 aliphatic carbocycles. The summed E-state index contributed by atoms with van der Waals surface area (Å²) in [4.78, 5) is 11.0. The molecule has 2 heterocycles. The SMILES string of the molecule is CCN(Cc1cccc(OC)c1OC)c1cc([C@H]2CCOC2)nc(N)n1. The van der Waals surface area contributed by atoms with Gasteiger partial charge in [0.05, 0.1) is 26.5 Å². The second kappa shape index (κ2) is 8.23. The number of rotatable bonds is 7. The number of hydrogen-bond acceptors (Lipinski definition) is 7. The molecule has 7 heteroatoms. The maximum atomic E-state index is 5.98. The number of hydrogen-bond donors (Lipinski definition) is 1. The monoisotopic (exact) mass is 358 g/mol. The highest BCUT2D eigenvalue weighted by atomic mass is 16.5. The Morgan fingerprint density at radius 1 is 1.27 bits per heavy atom. The molecule has 1 fully saturated rings. The molecule has 1 aliphatic rings. The van der Waals surface area contributed by atoms with Crippen LogP contribution < -0.4 is 20.1 Å². The van der Waals surface area contributed by atoms with Gasteiger partial charge in [-0.3, -0.25) is 0 Å². The van der Waals surface area contributed by atoms with Gasteiger partial charge in [-0.05, 0) is 19.4 Å². The van der Waals surface area contributed by atoms with Gasteiger partial charge in [0, 0.05) is 37.2 Å². The molecular formula is C19H26N4O3. The molecular weight excluding hydrogens is 332 g/mol. The molecule has 2 N–H and O–H groups in total. The molecule has 0 unspecified atom stereocenters. The van der Waals surface area contributed by atoms with Crippen LogP contribution in [0.2, 0.25) is 0 Å². The number of ether oxygens (including phenoxy) is 3. The van der Waals surface area contributed by atoms with Crippen molar-refractivity contribution in [3.63, 3.8) is 0 Å². The topological polar surface area (TPSA) is 82.7 Å². The predicted molar refractivity (Wildman–Crippen MR) is 101 cm³/mol. The standard InChI is InChI=1S/C19H26N4O3/c1-4-23(11-13-6-5-7-16(24-2)18(13)25-3)17-10-15(21-19(20)22-17)14-8-9-26-12-14/h5-7,10,14H,4,8-9,11-12H2,1-3H3,(H2,20,21,22)/t14-/m0/s1. The third-order valence-electron chi connectivity index (χ3n) is 4.65. The highest BCUT2D eigenvalue weighted by molar-refractivity contribution is 5.50. The minimum absolute atomic E-state index is 0.282. The van der Waals surface area contributed by atoms with Crippen LogP contribution in [0.25, 0.3) is 0 Å². The van der Waals surface area contributed by atoms with Crippen LogP contribution in [0.4, 0.5) is 11.8 Å². The molecule has 0 bridgehead atoms. The lowest BCUT2D eigenvalue weighted by atomic mass is 10.0. The molecule has 1 atom stereocenters. The average Bonchev–Trinajstić information content (AvgIpc) is 3.20. The van der Waals surface area contributed by atoms with E-state index in [-0.39, 0.29) is 5.92 Å². The minimum atomic E-state index is 0.282. The lowest BCUT2D eigenvalue weighted by molar-refractivity contribution is 0.193. The van der Waals surface area contributed by atoms with E-state index < -0.39 is 0 Å². The predicted octanol–water partition coefficient (Wildman–Crippen LogP) is 2.61. The van der Waals surface area contributed by atoms with Crippen molar-refractivity contribution in [3.05, 3.63) is 35.5 Å². The van der Waals surface area contributed by atoms with Crippen molar-refractivity contribution < 1.29 is 14.2 Å². The van der Waals surface area contributed by atoms with Crippen molar-refractivity contribution in [1.29, 1.82) is 0 Å². The van der Waals surface area contributed by atoms with Crippen molar-refractivity contribution in [1.82, 2.24) is 9.97 Å². The number of methoxy groups -OCH3 is 2. The van der Waals surface area contributed by atoms with E-state index in [4.69, 9.17) is 19.9 Å². The summed E-state index contributed by atoms with van der Waals surface area (Å²) in [5.41, 5.74) is 7.95. The summed E-state index contributed by atoms with van der Waals surface area (Å²) < 4.78 is 16.4. The molecule has 0 saturated carbocycles. The fraction of sp³-hybridized carbons (Fsp3) is 0.474. The van der Waals surface area contributed by atoms with E-state index in [0.29, 0.717) is 24.8 Å². The Kier molecular flexibility index (Phi) is 5.78. The maximum Gasteiger partial charge on any atom is 0.222 e. The number of benzene rings is 1. The molecule has 0 amide bonds. The van der Waals surface area contributed by atoms with Gasteiger partial charge >= 0.3 is 0 Å². The molecule has 1 aromatic heterocycles. The van der Waals surface area contributed by atoms with Gasteiger partial charge in [-0.25, -0.2) is 4.98 Å². The highest BCUT2D eigenvalue weighted by Crippen LogP contribution is 2.33. The fourth-order valence-corrected chi connectivity index (χ4v) is 3.25. The number of nitrogens with two attached hydrogens (primary N) is 1. The van der Waals surface area contributed by atoms with Gasteiger partial charge in [0.2, 0.25) is 5.95 Å². The van der Waals surface area contributed by atoms with Crippen LogP contribution in [0.5, 0.6) is 11.5 Å². The third-order valence-corrected chi connectivity index (χ3v) is 4.65. The van der Waals surface area contributed by atoms with Crippen molar-refractivity contribution in [2.45, 2.75) is 25.8 Å². The first kappa shape index (κ1) is 18.3. The third kappa shape index (κ3) is 3.83. The number of anilines is 2. The quantitative estimate of drug-likeness (QED) is 0.814. The smallest absolute Gasteiger partial charge is 0.222 e. The van der Waals surface area contributed by atoms with E-state index in [1.807, 2.05) is 24.3 Å². The molecule has 2 aromatic rings. The largest absolute Gasteiger partial charge is 0.493 e. The van der Waals surface area contributed by atoms with Crippen LogP contribution in [0.3, 0.4) is 0 Å². The zero-order valence-electron chi connectivity index (χ0n) is 15.6. The van der Waals surface area contributed by atoms with E-state index >= 15 is 0 Å². The Bertz CT molecular complexity index is 748. The molecule has 1 saturated heterocycles. The van der Waals surface area contributed by atoms with Crippen molar-refractivity contribution in [2.75, 3.05) is 44.6 Å². The number of nitrogen functional groups attached to an aromatic ring is 1. The van der Waals surface area contributed by atoms with E-state index in [9.17, 15) is 0 Å². The zero-order chi connectivity index (χ0) is 18.5. The van der Waals surface area contributed by atoms with E-state index in [2.05, 4.69) is 21.8 Å². The Hall–Kier alpha value is -2.54. The number of nitrogens with zero attached hydrogens (tertiary/aromatic N) is 3. The molecule has 140 valence electrons. The van der Waals surface area contributed by atoms with Crippen LogP contribution in [-0.2, 0) is 11.3 Å². The minimum Gasteiger partial charge on any atom is -0.493 e. The van der Waals surface area contributed by atoms with Crippen LogP contribution >= 0.6 is 0 Å². The van der Waals surface area contributed by atoms with Gasteiger partial charge in [0.15, 0.2) is 11.5 Å².